The van der Waals surface area contributed by atoms with Crippen molar-refractivity contribution in [2.75, 3.05) is 6.61 Å². The summed E-state index contributed by atoms with van der Waals surface area (Å²) in [5, 5.41) is 0. The molecule has 0 spiro atoms. The van der Waals surface area contributed by atoms with Gasteiger partial charge in [0.25, 0.3) is 0 Å². The molecule has 102 valence electrons. The largest absolute Gasteiger partial charge is 0.377 e. The maximum Gasteiger partial charge on any atom is 0.0741 e. The van der Waals surface area contributed by atoms with Gasteiger partial charge >= 0.3 is 0 Å². The molecule has 0 amide bonds. The first-order valence-corrected chi connectivity index (χ1v) is 7.36. The molecule has 0 heterocycles. The second-order valence-electron chi connectivity index (χ2n) is 5.21. The van der Waals surface area contributed by atoms with Crippen LogP contribution in [-0.4, -0.2) is 18.8 Å². The second kappa shape index (κ2) is 8.06. The highest BCUT2D eigenvalue weighted by Gasteiger charge is 2.34. The average Bonchev–Trinajstić information content (AvgIpc) is 2.39. The Labute approximate surface area is 106 Å². The summed E-state index contributed by atoms with van der Waals surface area (Å²) >= 11 is 0. The fraction of sp³-hybridized carbons (Fsp3) is 1.00. The molecule has 0 aromatic carbocycles. The van der Waals surface area contributed by atoms with Crippen LogP contribution in [-0.2, 0) is 4.74 Å². The van der Waals surface area contributed by atoms with Crippen molar-refractivity contribution < 1.29 is 4.74 Å². The third-order valence-corrected chi connectivity index (χ3v) is 4.33. The highest BCUT2D eigenvalue weighted by Crippen LogP contribution is 2.36. The van der Waals surface area contributed by atoms with E-state index in [9.17, 15) is 0 Å². The minimum absolute atomic E-state index is 0.266. The lowest BCUT2D eigenvalue weighted by atomic mass is 9.72. The van der Waals surface area contributed by atoms with Gasteiger partial charge in [0.1, 0.15) is 0 Å². The van der Waals surface area contributed by atoms with Crippen molar-refractivity contribution in [3.63, 3.8) is 0 Å². The van der Waals surface area contributed by atoms with Crippen LogP contribution in [0.3, 0.4) is 0 Å². The van der Waals surface area contributed by atoms with E-state index < -0.39 is 0 Å². The molecule has 1 aliphatic rings. The van der Waals surface area contributed by atoms with Gasteiger partial charge in [-0.15, -0.1) is 0 Å². The second-order valence-corrected chi connectivity index (χ2v) is 5.21. The maximum atomic E-state index is 5.85. The van der Waals surface area contributed by atoms with Gasteiger partial charge in [0.05, 0.1) is 12.1 Å². The van der Waals surface area contributed by atoms with Crippen molar-refractivity contribution in [1.82, 2.24) is 5.43 Å². The van der Waals surface area contributed by atoms with Crippen molar-refractivity contribution >= 4 is 0 Å². The Balaban J connectivity index is 2.68. The van der Waals surface area contributed by atoms with Gasteiger partial charge in [0.2, 0.25) is 0 Å². The summed E-state index contributed by atoms with van der Waals surface area (Å²) in [6, 6.07) is 0.324. The normalized spacial score (nSPS) is 28.9. The fourth-order valence-corrected chi connectivity index (χ4v) is 3.41. The minimum Gasteiger partial charge on any atom is -0.377 e. The van der Waals surface area contributed by atoms with Crippen LogP contribution in [0.5, 0.6) is 0 Å². The van der Waals surface area contributed by atoms with Gasteiger partial charge in [-0.1, -0.05) is 39.5 Å². The van der Waals surface area contributed by atoms with Crippen LogP contribution in [0.1, 0.15) is 59.3 Å². The zero-order chi connectivity index (χ0) is 12.7. The van der Waals surface area contributed by atoms with E-state index in [1.54, 1.807) is 0 Å². The van der Waals surface area contributed by atoms with E-state index in [0.717, 1.165) is 18.9 Å². The lowest BCUT2D eigenvalue weighted by molar-refractivity contribution is -0.00291. The highest BCUT2D eigenvalue weighted by atomic mass is 16.5. The first kappa shape index (κ1) is 14.9. The van der Waals surface area contributed by atoms with Crippen molar-refractivity contribution in [3.05, 3.63) is 0 Å². The number of hydrogen-bond acceptors (Lipinski definition) is 3. The number of rotatable bonds is 7. The van der Waals surface area contributed by atoms with E-state index in [1.165, 1.54) is 32.1 Å². The monoisotopic (exact) mass is 242 g/mol. The van der Waals surface area contributed by atoms with E-state index in [0.29, 0.717) is 12.0 Å². The summed E-state index contributed by atoms with van der Waals surface area (Å²) in [7, 11) is 0. The molecule has 4 atom stereocenters. The summed E-state index contributed by atoms with van der Waals surface area (Å²) in [6.45, 7) is 7.33. The molecule has 1 aliphatic carbocycles. The molecule has 3 heteroatoms. The van der Waals surface area contributed by atoms with Crippen molar-refractivity contribution in [2.24, 2.45) is 17.7 Å². The summed E-state index contributed by atoms with van der Waals surface area (Å²) in [6.07, 6.45) is 7.97. The molecule has 0 aromatic rings. The third-order valence-electron chi connectivity index (χ3n) is 4.33. The third kappa shape index (κ3) is 3.94. The zero-order valence-electron chi connectivity index (χ0n) is 11.7. The Kier molecular flexibility index (Phi) is 7.09. The Hall–Kier alpha value is -0.120. The minimum atomic E-state index is 0.266. The summed E-state index contributed by atoms with van der Waals surface area (Å²) < 4.78 is 5.85. The molecule has 0 aliphatic heterocycles. The van der Waals surface area contributed by atoms with Crippen LogP contribution in [0.2, 0.25) is 0 Å². The molecule has 17 heavy (non-hydrogen) atoms. The van der Waals surface area contributed by atoms with E-state index in [2.05, 4.69) is 26.2 Å². The fourth-order valence-electron chi connectivity index (χ4n) is 3.41. The molecular formula is C14H30N2O. The van der Waals surface area contributed by atoms with Crippen LogP contribution in [0.25, 0.3) is 0 Å². The molecule has 3 N–H and O–H groups in total. The molecule has 3 nitrogen and oxygen atoms in total. The predicted octanol–water partition coefficient (Wildman–Crippen LogP) is 2.85. The number of hydrogen-bond donors (Lipinski definition) is 2. The lowest BCUT2D eigenvalue weighted by Gasteiger charge is -2.39. The Morgan fingerprint density at radius 3 is 2.47 bits per heavy atom. The number of ether oxygens (including phenoxy) is 1. The molecule has 1 saturated carbocycles. The summed E-state index contributed by atoms with van der Waals surface area (Å²) in [5.74, 6) is 7.31. The average molecular weight is 242 g/mol. The Bertz CT molecular complexity index is 199. The van der Waals surface area contributed by atoms with E-state index in [-0.39, 0.29) is 6.10 Å². The van der Waals surface area contributed by atoms with Gasteiger partial charge in [0.15, 0.2) is 0 Å². The van der Waals surface area contributed by atoms with Gasteiger partial charge in [-0.05, 0) is 31.6 Å². The van der Waals surface area contributed by atoms with E-state index in [1.807, 2.05) is 0 Å². The summed E-state index contributed by atoms with van der Waals surface area (Å²) in [5.41, 5.74) is 3.05. The van der Waals surface area contributed by atoms with Crippen molar-refractivity contribution in [3.8, 4) is 0 Å². The lowest BCUT2D eigenvalue weighted by Crippen LogP contribution is -2.52. The Morgan fingerprint density at radius 2 is 1.94 bits per heavy atom. The van der Waals surface area contributed by atoms with Gasteiger partial charge in [0, 0.05) is 6.61 Å². The van der Waals surface area contributed by atoms with Crippen LogP contribution < -0.4 is 11.3 Å². The van der Waals surface area contributed by atoms with Gasteiger partial charge in [-0.2, -0.15) is 0 Å². The maximum absolute atomic E-state index is 5.85. The molecule has 1 rings (SSSR count). The zero-order valence-corrected chi connectivity index (χ0v) is 11.7. The van der Waals surface area contributed by atoms with Gasteiger partial charge in [-0.25, -0.2) is 0 Å². The van der Waals surface area contributed by atoms with E-state index >= 15 is 0 Å². The summed E-state index contributed by atoms with van der Waals surface area (Å²) in [4.78, 5) is 0. The predicted molar refractivity (Wildman–Crippen MR) is 72.6 cm³/mol. The molecule has 0 saturated heterocycles. The molecule has 0 radical (unpaired) electrons. The first-order chi connectivity index (χ1) is 8.28. The Morgan fingerprint density at radius 1 is 1.24 bits per heavy atom. The van der Waals surface area contributed by atoms with Gasteiger partial charge in [-0.3, -0.25) is 11.3 Å². The highest BCUT2D eigenvalue weighted by molar-refractivity contribution is 4.88. The SMILES string of the molecule is CCOC(CC)C(NN)C1CCCCC1CC. The van der Waals surface area contributed by atoms with Crippen LogP contribution in [0.15, 0.2) is 0 Å². The van der Waals surface area contributed by atoms with Crippen molar-refractivity contribution in [1.29, 1.82) is 0 Å². The van der Waals surface area contributed by atoms with E-state index in [4.69, 9.17) is 10.6 Å². The molecule has 0 aromatic heterocycles. The van der Waals surface area contributed by atoms with Crippen LogP contribution >= 0.6 is 0 Å². The molecule has 1 fully saturated rings. The standard InChI is InChI=1S/C14H30N2O/c1-4-11-9-7-8-10-12(11)14(16-15)13(5-2)17-6-3/h11-14,16H,4-10,15H2,1-3H3. The van der Waals surface area contributed by atoms with Gasteiger partial charge < -0.3 is 4.74 Å². The number of nitrogens with one attached hydrogen (secondary N) is 1. The molecule has 4 unspecified atom stereocenters. The topological polar surface area (TPSA) is 47.3 Å². The van der Waals surface area contributed by atoms with Crippen LogP contribution in [0, 0.1) is 11.8 Å². The molecule has 0 bridgehead atoms. The molecular weight excluding hydrogens is 212 g/mol. The number of nitrogens with two attached hydrogens (primary N) is 1. The van der Waals surface area contributed by atoms with Crippen LogP contribution in [0.4, 0.5) is 0 Å². The quantitative estimate of drug-likeness (QED) is 0.533. The smallest absolute Gasteiger partial charge is 0.0741 e. The first-order valence-electron chi connectivity index (χ1n) is 7.36. The van der Waals surface area contributed by atoms with Crippen molar-refractivity contribution in [2.45, 2.75) is 71.4 Å². The number of hydrazine groups is 1.